The van der Waals surface area contributed by atoms with Crippen LogP contribution in [0.5, 0.6) is 0 Å². The Balaban J connectivity index is -0.000000748. The predicted molar refractivity (Wildman–Crippen MR) is 298 cm³/mol. The second-order valence-electron chi connectivity index (χ2n) is 21.0. The molecule has 2 saturated carbocycles. The van der Waals surface area contributed by atoms with Crippen LogP contribution in [0.25, 0.3) is 0 Å². The van der Waals surface area contributed by atoms with Crippen LogP contribution >= 0.6 is 0 Å². The van der Waals surface area contributed by atoms with E-state index in [1.165, 1.54) is 91.5 Å². The van der Waals surface area contributed by atoms with E-state index in [-0.39, 0.29) is 52.8 Å². The molecule has 2 aromatic heterocycles. The summed E-state index contributed by atoms with van der Waals surface area (Å²) in [6, 6.07) is 3.94. The first kappa shape index (κ1) is 71.4. The van der Waals surface area contributed by atoms with Gasteiger partial charge in [0.05, 0.1) is 0 Å². The smallest absolute Gasteiger partial charge is 0.223 e. The monoisotopic (exact) mass is 1030 g/mol. The zero-order valence-electron chi connectivity index (χ0n) is 48.7. The normalized spacial score (nSPS) is 15.4. The summed E-state index contributed by atoms with van der Waals surface area (Å²) >= 11 is 0. The maximum absolute atomic E-state index is 11.4. The van der Waals surface area contributed by atoms with E-state index in [0.717, 1.165) is 11.7 Å². The van der Waals surface area contributed by atoms with Crippen molar-refractivity contribution in [3.8, 4) is 0 Å². The highest BCUT2D eigenvalue weighted by Crippen LogP contribution is 2.19. The fourth-order valence-corrected chi connectivity index (χ4v) is 6.98. The first-order valence-electron chi connectivity index (χ1n) is 26.2. The van der Waals surface area contributed by atoms with Crippen LogP contribution in [0.3, 0.4) is 0 Å². The molecule has 1 saturated heterocycles. The molecular weight excluding hydrogens is 919 g/mol. The van der Waals surface area contributed by atoms with Crippen molar-refractivity contribution in [1.29, 1.82) is 0 Å². The summed E-state index contributed by atoms with van der Waals surface area (Å²) in [5.41, 5.74) is 0. The first-order chi connectivity index (χ1) is 32.8. The molecule has 1 aliphatic heterocycles. The lowest BCUT2D eigenvalue weighted by molar-refractivity contribution is -0.125. The number of aryl methyl sites for hydroxylation is 1. The molecule has 0 radical (unpaired) electrons. The van der Waals surface area contributed by atoms with Gasteiger partial charge in [-0.15, -0.1) is 0 Å². The van der Waals surface area contributed by atoms with Gasteiger partial charge in [0.1, 0.15) is 0 Å². The number of hydrogen-bond acceptors (Lipinski definition) is 11. The van der Waals surface area contributed by atoms with Gasteiger partial charge >= 0.3 is 0 Å². The van der Waals surface area contributed by atoms with Gasteiger partial charge in [0.25, 0.3) is 0 Å². The standard InChI is InChI=1S/C9H17NO.C8H18N2.C8H15NO.C6H10N2O.C6H10N2.C6H15NOS.2C5H11NO/c1-7(2)9(11)10-8-5-3-4-6-8;1-8(2)7-10-5-3-9-4-6-10;1-6(2)8(10)9-7-4-3-5-7;1-4(2)6-7-5(3)9-8-6;1-6(2)8-5-3-4-7-8;1-6(2)9(5,8)7(3)4;2*1-4(2)6-5(3)7/h7-8H,3-6H2,1-2H3,(H,10,11);8-9H,3-7H2,1-2H3;6-7H,3-5H2,1-2H3,(H,9,10);4H,1-3H3;3-6H,1-2H3;6H,5H2,1-4H3;2*4H,1-3H3,(H,6,7). The van der Waals surface area contributed by atoms with Crippen molar-refractivity contribution in [3.05, 3.63) is 30.2 Å². The van der Waals surface area contributed by atoms with Gasteiger partial charge in [0.2, 0.25) is 29.5 Å². The van der Waals surface area contributed by atoms with Crippen molar-refractivity contribution in [3.63, 3.8) is 0 Å². The molecule has 17 nitrogen and oxygen atoms in total. The summed E-state index contributed by atoms with van der Waals surface area (Å²) < 4.78 is 19.8. The van der Waals surface area contributed by atoms with Crippen molar-refractivity contribution in [2.45, 2.75) is 218 Å². The lowest BCUT2D eigenvalue weighted by Crippen LogP contribution is -2.44. The number of aromatic nitrogens is 4. The van der Waals surface area contributed by atoms with E-state index < -0.39 is 9.71 Å². The number of nitrogens with one attached hydrogen (secondary N) is 5. The van der Waals surface area contributed by atoms with E-state index in [0.29, 0.717) is 29.9 Å². The number of carbonyl (C=O) groups excluding carboxylic acids is 4. The van der Waals surface area contributed by atoms with Crippen molar-refractivity contribution in [2.24, 2.45) is 17.8 Å². The van der Waals surface area contributed by atoms with Gasteiger partial charge in [-0.05, 0) is 106 Å². The van der Waals surface area contributed by atoms with Crippen LogP contribution < -0.4 is 26.6 Å². The van der Waals surface area contributed by atoms with Crippen molar-refractivity contribution in [1.82, 2.24) is 55.7 Å². The molecule has 3 heterocycles. The third-order valence-corrected chi connectivity index (χ3v) is 13.2. The quantitative estimate of drug-likeness (QED) is 0.128. The average Bonchev–Trinajstić information content (AvgIpc) is 4.05. The number of amides is 4. The number of rotatable bonds is 12. The molecule has 0 aromatic carbocycles. The number of nitrogens with zero attached hydrogens (tertiary/aromatic N) is 6. The van der Waals surface area contributed by atoms with Gasteiger partial charge in [-0.3, -0.25) is 28.1 Å². The van der Waals surface area contributed by atoms with Crippen molar-refractivity contribution < 1.29 is 27.9 Å². The van der Waals surface area contributed by atoms with Crippen molar-refractivity contribution >= 4 is 39.2 Å². The molecule has 0 spiro atoms. The van der Waals surface area contributed by atoms with Crippen LogP contribution in [-0.4, -0.2) is 139 Å². The van der Waals surface area contributed by atoms with E-state index in [4.69, 9.17) is 4.52 Å². The second kappa shape index (κ2) is 40.6. The highest BCUT2D eigenvalue weighted by molar-refractivity contribution is 7.98. The second-order valence-corrected chi connectivity index (χ2v) is 24.1. The molecule has 5 N–H and O–H groups in total. The summed E-state index contributed by atoms with van der Waals surface area (Å²) in [6.45, 7) is 43.0. The van der Waals surface area contributed by atoms with Crippen LogP contribution in [0.4, 0.5) is 0 Å². The molecule has 2 aromatic rings. The molecule has 2 aliphatic carbocycles. The molecule has 1 atom stereocenters. The Kier molecular flexibility index (Phi) is 40.8. The fourth-order valence-electron chi connectivity index (χ4n) is 6.14. The Morgan fingerprint density at radius 3 is 1.39 bits per heavy atom. The third-order valence-electron chi connectivity index (χ3n) is 10.5. The van der Waals surface area contributed by atoms with Gasteiger partial charge in [0.15, 0.2) is 5.82 Å². The maximum Gasteiger partial charge on any atom is 0.223 e. The Bertz CT molecular complexity index is 1710. The minimum Gasteiger partial charge on any atom is -0.354 e. The van der Waals surface area contributed by atoms with E-state index in [2.05, 4.69) is 80.3 Å². The summed E-state index contributed by atoms with van der Waals surface area (Å²) in [7, 11) is 1.59. The SMILES string of the molecule is C=S(=O)(C(C)C)N(C)C.CC(=O)NC(C)C.CC(=O)NC(C)C.CC(C)C(=O)NC1CCC1.CC(C)C(=O)NC1CCCC1.CC(C)CN1CCNCC1.CC(C)n1cccn1.Cc1nc(C(C)C)no1. The Morgan fingerprint density at radius 2 is 1.20 bits per heavy atom. The van der Waals surface area contributed by atoms with Crippen LogP contribution in [0.2, 0.25) is 0 Å². The van der Waals surface area contributed by atoms with Crippen LogP contribution in [0.15, 0.2) is 23.0 Å². The molecule has 1 unspecified atom stereocenters. The summed E-state index contributed by atoms with van der Waals surface area (Å²) in [4.78, 5) is 49.1. The summed E-state index contributed by atoms with van der Waals surface area (Å²) in [5.74, 6) is 6.98. The van der Waals surface area contributed by atoms with E-state index in [1.54, 1.807) is 31.5 Å². The van der Waals surface area contributed by atoms with E-state index in [1.807, 2.05) is 100 Å². The number of hydrogen-bond donors (Lipinski definition) is 5. The van der Waals surface area contributed by atoms with E-state index in [9.17, 15) is 23.4 Å². The lowest BCUT2D eigenvalue weighted by Gasteiger charge is -2.28. The van der Waals surface area contributed by atoms with Gasteiger partial charge in [-0.2, -0.15) is 10.1 Å². The Labute approximate surface area is 433 Å². The molecule has 3 fully saturated rings. The largest absolute Gasteiger partial charge is 0.354 e. The summed E-state index contributed by atoms with van der Waals surface area (Å²) in [6.07, 6.45) is 12.3. The van der Waals surface area contributed by atoms with Crippen LogP contribution in [0, 0.1) is 24.7 Å². The predicted octanol–water partition coefficient (Wildman–Crippen LogP) is 8.17. The number of carbonyl (C=O) groups is 4. The third kappa shape index (κ3) is 41.3. The molecule has 0 bridgehead atoms. The molecular formula is C53H107N11O6S. The topological polar surface area (TPSA) is 209 Å². The minimum absolute atomic E-state index is 0.0370. The van der Waals surface area contributed by atoms with Crippen LogP contribution in [-0.2, 0) is 28.9 Å². The van der Waals surface area contributed by atoms with Gasteiger partial charge < -0.3 is 36.0 Å². The molecule has 18 heteroatoms. The molecule has 3 aliphatic rings. The van der Waals surface area contributed by atoms with Crippen molar-refractivity contribution in [2.75, 3.05) is 46.8 Å². The number of piperazine rings is 1. The Hall–Kier alpha value is -3.87. The average molecular weight is 1030 g/mol. The van der Waals surface area contributed by atoms with Gasteiger partial charge in [-0.25, -0.2) is 4.31 Å². The maximum atomic E-state index is 11.4. The molecule has 4 amide bonds. The van der Waals surface area contributed by atoms with E-state index >= 15 is 0 Å². The van der Waals surface area contributed by atoms with Gasteiger partial charge in [-0.1, -0.05) is 87.2 Å². The molecule has 71 heavy (non-hydrogen) atoms. The Morgan fingerprint density at radius 1 is 0.761 bits per heavy atom. The zero-order chi connectivity index (χ0) is 55.4. The lowest BCUT2D eigenvalue weighted by atomic mass is 9.93. The first-order valence-corrected chi connectivity index (χ1v) is 28.0. The molecule has 5 rings (SSSR count). The fraction of sp³-hybridized carbons (Fsp3) is 0.811. The highest BCUT2D eigenvalue weighted by atomic mass is 32.2. The zero-order valence-corrected chi connectivity index (χ0v) is 49.6. The highest BCUT2D eigenvalue weighted by Gasteiger charge is 2.20. The molecule has 416 valence electrons. The van der Waals surface area contributed by atoms with Gasteiger partial charge in [0, 0.05) is 129 Å². The van der Waals surface area contributed by atoms with Crippen LogP contribution in [0.1, 0.15) is 193 Å². The summed E-state index contributed by atoms with van der Waals surface area (Å²) in [5, 5.41) is 22.6. The minimum atomic E-state index is -1.98.